The molecular formula is C20H30O2. The Labute approximate surface area is 135 Å². The largest absolute Gasteiger partial charge is 0.456 e. The minimum atomic E-state index is -0.263. The number of ether oxygens (including phenoxy) is 1. The Balaban J connectivity index is 2.16. The molecule has 0 aromatic heterocycles. The Morgan fingerprint density at radius 2 is 1.95 bits per heavy atom. The average Bonchev–Trinajstić information content (AvgIpc) is 2.92. The first-order valence-corrected chi connectivity index (χ1v) is 8.61. The number of esters is 1. The van der Waals surface area contributed by atoms with E-state index in [4.69, 9.17) is 4.74 Å². The highest BCUT2D eigenvalue weighted by atomic mass is 16.6. The van der Waals surface area contributed by atoms with Crippen molar-refractivity contribution in [3.05, 3.63) is 35.4 Å². The van der Waals surface area contributed by atoms with Crippen molar-refractivity contribution in [2.24, 2.45) is 5.41 Å². The van der Waals surface area contributed by atoms with Crippen molar-refractivity contribution < 1.29 is 9.53 Å². The van der Waals surface area contributed by atoms with Crippen molar-refractivity contribution in [1.29, 1.82) is 0 Å². The monoisotopic (exact) mass is 302 g/mol. The molecule has 1 aliphatic rings. The van der Waals surface area contributed by atoms with E-state index in [1.54, 1.807) is 0 Å². The predicted octanol–water partition coefficient (Wildman–Crippen LogP) is 5.72. The standard InChI is InChI=1S/C20H30O2/c1-6-19(3,4)15(2)16-10-9-11-17(14-16)18(21)22-20(5)12-7-8-13-20/h9-11,14-15H,6-8,12-13H2,1-5H3. The predicted molar refractivity (Wildman–Crippen MR) is 91.2 cm³/mol. The highest BCUT2D eigenvalue weighted by Gasteiger charge is 2.33. The van der Waals surface area contributed by atoms with Gasteiger partial charge in [0.1, 0.15) is 5.60 Å². The zero-order valence-corrected chi connectivity index (χ0v) is 14.7. The maximum atomic E-state index is 12.5. The molecule has 2 heteroatoms. The van der Waals surface area contributed by atoms with E-state index >= 15 is 0 Å². The van der Waals surface area contributed by atoms with Gasteiger partial charge in [0.15, 0.2) is 0 Å². The molecule has 1 atom stereocenters. The van der Waals surface area contributed by atoms with E-state index in [2.05, 4.69) is 40.7 Å². The molecule has 1 unspecified atom stereocenters. The maximum absolute atomic E-state index is 12.5. The molecule has 2 nitrogen and oxygen atoms in total. The van der Waals surface area contributed by atoms with Crippen LogP contribution in [0.25, 0.3) is 0 Å². The van der Waals surface area contributed by atoms with Crippen molar-refractivity contribution in [3.8, 4) is 0 Å². The molecule has 1 aliphatic carbocycles. The van der Waals surface area contributed by atoms with Crippen molar-refractivity contribution in [1.82, 2.24) is 0 Å². The van der Waals surface area contributed by atoms with Crippen LogP contribution in [0.1, 0.15) is 88.6 Å². The van der Waals surface area contributed by atoms with Crippen molar-refractivity contribution in [3.63, 3.8) is 0 Å². The Morgan fingerprint density at radius 3 is 2.55 bits per heavy atom. The molecule has 0 saturated heterocycles. The summed E-state index contributed by atoms with van der Waals surface area (Å²) in [5.41, 5.74) is 1.86. The molecule has 22 heavy (non-hydrogen) atoms. The summed E-state index contributed by atoms with van der Waals surface area (Å²) in [6.45, 7) is 11.1. The van der Waals surface area contributed by atoms with Crippen LogP contribution in [0, 0.1) is 5.41 Å². The van der Waals surface area contributed by atoms with Gasteiger partial charge in [-0.3, -0.25) is 0 Å². The van der Waals surface area contributed by atoms with E-state index < -0.39 is 0 Å². The lowest BCUT2D eigenvalue weighted by Gasteiger charge is -2.31. The van der Waals surface area contributed by atoms with Gasteiger partial charge in [0.2, 0.25) is 0 Å². The van der Waals surface area contributed by atoms with E-state index in [0.717, 1.165) is 32.1 Å². The minimum absolute atomic E-state index is 0.173. The van der Waals surface area contributed by atoms with E-state index in [0.29, 0.717) is 11.5 Å². The summed E-state index contributed by atoms with van der Waals surface area (Å²) in [4.78, 5) is 12.5. The number of hydrogen-bond acceptors (Lipinski definition) is 2. The number of carbonyl (C=O) groups excluding carboxylic acids is 1. The van der Waals surface area contributed by atoms with E-state index in [9.17, 15) is 4.79 Å². The molecule has 1 saturated carbocycles. The first-order valence-electron chi connectivity index (χ1n) is 8.61. The highest BCUT2D eigenvalue weighted by Crippen LogP contribution is 2.38. The van der Waals surface area contributed by atoms with Crippen LogP contribution in [0.5, 0.6) is 0 Å². The fourth-order valence-corrected chi connectivity index (χ4v) is 3.20. The Kier molecular flexibility index (Phi) is 4.99. The van der Waals surface area contributed by atoms with Crippen molar-refractivity contribution >= 4 is 5.97 Å². The van der Waals surface area contributed by atoms with Crippen LogP contribution in [0.2, 0.25) is 0 Å². The van der Waals surface area contributed by atoms with Crippen LogP contribution < -0.4 is 0 Å². The first kappa shape index (κ1) is 17.1. The second-order valence-electron chi connectivity index (χ2n) is 7.74. The summed E-state index contributed by atoms with van der Waals surface area (Å²) >= 11 is 0. The van der Waals surface area contributed by atoms with Gasteiger partial charge in [-0.05, 0) is 61.6 Å². The molecule has 0 amide bonds. The van der Waals surface area contributed by atoms with Gasteiger partial charge in [-0.25, -0.2) is 4.79 Å². The van der Waals surface area contributed by atoms with Crippen molar-refractivity contribution in [2.75, 3.05) is 0 Å². The van der Waals surface area contributed by atoms with Gasteiger partial charge >= 0.3 is 5.97 Å². The molecule has 0 bridgehead atoms. The van der Waals surface area contributed by atoms with Gasteiger partial charge in [0.05, 0.1) is 5.56 Å². The third-order valence-electron chi connectivity index (χ3n) is 5.71. The Hall–Kier alpha value is -1.31. The lowest BCUT2D eigenvalue weighted by atomic mass is 9.74. The molecule has 122 valence electrons. The molecule has 2 rings (SSSR count). The number of hydrogen-bond donors (Lipinski definition) is 0. The van der Waals surface area contributed by atoms with Crippen LogP contribution in [0.4, 0.5) is 0 Å². The minimum Gasteiger partial charge on any atom is -0.456 e. The van der Waals surface area contributed by atoms with Crippen LogP contribution >= 0.6 is 0 Å². The Bertz CT molecular complexity index is 524. The summed E-state index contributed by atoms with van der Waals surface area (Å²) in [7, 11) is 0. The zero-order chi connectivity index (χ0) is 16.4. The average molecular weight is 302 g/mol. The van der Waals surface area contributed by atoms with Gasteiger partial charge in [0, 0.05) is 0 Å². The van der Waals surface area contributed by atoms with Crippen LogP contribution in [-0.4, -0.2) is 11.6 Å². The first-order chi connectivity index (χ1) is 10.3. The van der Waals surface area contributed by atoms with Crippen LogP contribution in [-0.2, 0) is 4.74 Å². The summed E-state index contributed by atoms with van der Waals surface area (Å²) in [5, 5.41) is 0. The fourth-order valence-electron chi connectivity index (χ4n) is 3.20. The molecule has 1 aromatic carbocycles. The summed E-state index contributed by atoms with van der Waals surface area (Å²) in [6.07, 6.45) is 5.40. The maximum Gasteiger partial charge on any atom is 0.338 e. The quantitative estimate of drug-likeness (QED) is 0.651. The SMILES string of the molecule is CCC(C)(C)C(C)c1cccc(C(=O)OC2(C)CCCC2)c1. The second-order valence-corrected chi connectivity index (χ2v) is 7.74. The number of carbonyl (C=O) groups is 1. The fraction of sp³-hybridized carbons (Fsp3) is 0.650. The molecule has 0 N–H and O–H groups in total. The lowest BCUT2D eigenvalue weighted by Crippen LogP contribution is -2.28. The highest BCUT2D eigenvalue weighted by molar-refractivity contribution is 5.90. The smallest absolute Gasteiger partial charge is 0.338 e. The third-order valence-corrected chi connectivity index (χ3v) is 5.71. The Morgan fingerprint density at radius 1 is 1.32 bits per heavy atom. The topological polar surface area (TPSA) is 26.3 Å². The molecule has 0 radical (unpaired) electrons. The summed E-state index contributed by atoms with van der Waals surface area (Å²) < 4.78 is 5.79. The van der Waals surface area contributed by atoms with Crippen LogP contribution in [0.3, 0.4) is 0 Å². The molecule has 0 aliphatic heterocycles. The number of benzene rings is 1. The van der Waals surface area contributed by atoms with E-state index in [1.165, 1.54) is 5.56 Å². The van der Waals surface area contributed by atoms with Crippen LogP contribution in [0.15, 0.2) is 24.3 Å². The molecule has 1 aromatic rings. The zero-order valence-electron chi connectivity index (χ0n) is 14.7. The molecule has 0 spiro atoms. The van der Waals surface area contributed by atoms with Gasteiger partial charge in [-0.2, -0.15) is 0 Å². The van der Waals surface area contributed by atoms with Gasteiger partial charge in [0.25, 0.3) is 0 Å². The molecular weight excluding hydrogens is 272 g/mol. The van der Waals surface area contributed by atoms with Gasteiger partial charge in [-0.15, -0.1) is 0 Å². The second kappa shape index (κ2) is 6.44. The van der Waals surface area contributed by atoms with Gasteiger partial charge < -0.3 is 4.74 Å². The molecule has 1 fully saturated rings. The normalized spacial score (nSPS) is 19.0. The third kappa shape index (κ3) is 3.71. The number of rotatable bonds is 5. The molecule has 0 heterocycles. The summed E-state index contributed by atoms with van der Waals surface area (Å²) in [6, 6.07) is 7.99. The summed E-state index contributed by atoms with van der Waals surface area (Å²) in [5.74, 6) is 0.236. The van der Waals surface area contributed by atoms with E-state index in [1.807, 2.05) is 18.2 Å². The van der Waals surface area contributed by atoms with E-state index in [-0.39, 0.29) is 17.0 Å². The van der Waals surface area contributed by atoms with Gasteiger partial charge in [-0.1, -0.05) is 46.2 Å². The lowest BCUT2D eigenvalue weighted by molar-refractivity contribution is -0.00610. The van der Waals surface area contributed by atoms with Crippen molar-refractivity contribution in [2.45, 2.75) is 78.2 Å².